The molecule has 0 N–H and O–H groups in total. The van der Waals surface area contributed by atoms with Crippen molar-refractivity contribution in [1.29, 1.82) is 0 Å². The zero-order chi connectivity index (χ0) is 40.8. The fourth-order valence-corrected chi connectivity index (χ4v) is 9.65. The van der Waals surface area contributed by atoms with E-state index in [1.54, 1.807) is 0 Å². The summed E-state index contributed by atoms with van der Waals surface area (Å²) >= 11 is 0. The number of hydrogen-bond acceptors (Lipinski definition) is 1. The third kappa shape index (κ3) is 6.34. The van der Waals surface area contributed by atoms with Gasteiger partial charge in [0.15, 0.2) is 0 Å². The Morgan fingerprint density at radius 1 is 0.328 bits per heavy atom. The Morgan fingerprint density at radius 3 is 1.49 bits per heavy atom. The molecule has 1 heteroatoms. The molecule has 288 valence electrons. The van der Waals surface area contributed by atoms with Crippen molar-refractivity contribution < 1.29 is 0 Å². The van der Waals surface area contributed by atoms with Gasteiger partial charge in [0, 0.05) is 22.4 Å². The van der Waals surface area contributed by atoms with Crippen LogP contribution in [0.2, 0.25) is 0 Å². The maximum atomic E-state index is 2.45. The van der Waals surface area contributed by atoms with E-state index in [1.165, 1.54) is 83.1 Å². The highest BCUT2D eigenvalue weighted by Gasteiger charge is 2.42. The Hall–Kier alpha value is -7.74. The second-order valence-electron chi connectivity index (χ2n) is 16.2. The third-order valence-corrected chi connectivity index (χ3v) is 12.8. The Labute approximate surface area is 358 Å². The molecule has 0 saturated carbocycles. The van der Waals surface area contributed by atoms with Crippen LogP contribution in [0.4, 0.5) is 17.1 Å². The Bertz CT molecular complexity index is 3160. The second kappa shape index (κ2) is 15.1. The van der Waals surface area contributed by atoms with Crippen LogP contribution in [0.25, 0.3) is 66.4 Å². The van der Waals surface area contributed by atoms with E-state index >= 15 is 0 Å². The van der Waals surface area contributed by atoms with E-state index in [0.717, 1.165) is 17.1 Å². The minimum atomic E-state index is -0.301. The lowest BCUT2D eigenvalue weighted by Gasteiger charge is -2.30. The number of nitrogens with zero attached hydrogens (tertiary/aromatic N) is 1. The molecule has 61 heavy (non-hydrogen) atoms. The molecule has 0 amide bonds. The Kier molecular flexibility index (Phi) is 9.02. The number of hydrogen-bond donors (Lipinski definition) is 0. The third-order valence-electron chi connectivity index (χ3n) is 12.8. The molecule has 1 aliphatic rings. The van der Waals surface area contributed by atoms with E-state index in [9.17, 15) is 0 Å². The van der Waals surface area contributed by atoms with Gasteiger partial charge in [0.05, 0.1) is 5.69 Å². The molecular weight excluding hydrogens is 735 g/mol. The normalized spacial score (nSPS) is 14.0. The van der Waals surface area contributed by atoms with Crippen molar-refractivity contribution in [2.24, 2.45) is 0 Å². The van der Waals surface area contributed by atoms with Crippen molar-refractivity contribution in [3.05, 3.63) is 259 Å². The zero-order valence-corrected chi connectivity index (χ0v) is 34.0. The molecule has 1 nitrogen and oxygen atoms in total. The van der Waals surface area contributed by atoms with Crippen LogP contribution in [0.3, 0.4) is 0 Å². The first-order valence-electron chi connectivity index (χ1n) is 21.2. The molecular formula is C60H43N. The second-order valence-corrected chi connectivity index (χ2v) is 16.2. The van der Waals surface area contributed by atoms with Gasteiger partial charge in [-0.2, -0.15) is 0 Å². The van der Waals surface area contributed by atoms with Gasteiger partial charge >= 0.3 is 0 Å². The predicted molar refractivity (Wildman–Crippen MR) is 258 cm³/mol. The van der Waals surface area contributed by atoms with Gasteiger partial charge in [0.25, 0.3) is 0 Å². The molecule has 0 bridgehead atoms. The average molecular weight is 778 g/mol. The van der Waals surface area contributed by atoms with Crippen LogP contribution in [-0.2, 0) is 5.41 Å². The monoisotopic (exact) mass is 777 g/mol. The van der Waals surface area contributed by atoms with Gasteiger partial charge in [-0.1, -0.05) is 206 Å². The predicted octanol–water partition coefficient (Wildman–Crippen LogP) is 16.3. The van der Waals surface area contributed by atoms with Crippen LogP contribution in [0, 0.1) is 0 Å². The Balaban J connectivity index is 1.01. The maximum Gasteiger partial charge on any atom is 0.0543 e. The topological polar surface area (TPSA) is 3.24 Å². The van der Waals surface area contributed by atoms with Crippen molar-refractivity contribution in [3.8, 4) is 55.6 Å². The SMILES string of the molecule is CC1(c2ccccc2)c2ccccc2-c2c(N(c3ccc(-c4ccc(-c5cccc6ccccc56)cc4)cc3)c3ccc(-c4cccc(-c5ccccc5)c4)cc3)cccc21. The zero-order valence-electron chi connectivity index (χ0n) is 34.0. The first kappa shape index (κ1) is 36.3. The summed E-state index contributed by atoms with van der Waals surface area (Å²) < 4.78 is 0. The van der Waals surface area contributed by atoms with Crippen LogP contribution < -0.4 is 4.90 Å². The largest absolute Gasteiger partial charge is 0.310 e. The molecule has 10 aromatic rings. The minimum absolute atomic E-state index is 0.301. The summed E-state index contributed by atoms with van der Waals surface area (Å²) in [5.74, 6) is 0. The van der Waals surface area contributed by atoms with E-state index in [0.29, 0.717) is 0 Å². The standard InChI is InChI=1S/C60H43N/c1-60(50-21-6-3-7-22-50)56-26-11-10-24-55(56)59-57(60)27-14-28-58(59)61(52-39-35-45(36-40-52)49-20-12-19-48(41-49)42-15-4-2-5-16-42)51-37-33-44(34-38-51)43-29-31-47(32-30-43)54-25-13-18-46-17-8-9-23-53(46)54/h2-41H,1H3. The van der Waals surface area contributed by atoms with Gasteiger partial charge in [0.2, 0.25) is 0 Å². The first-order chi connectivity index (χ1) is 30.1. The number of rotatable bonds is 8. The number of anilines is 3. The average Bonchev–Trinajstić information content (AvgIpc) is 3.61. The van der Waals surface area contributed by atoms with Gasteiger partial charge in [-0.15, -0.1) is 0 Å². The summed E-state index contributed by atoms with van der Waals surface area (Å²) in [5.41, 5.74) is 19.2. The van der Waals surface area contributed by atoms with E-state index < -0.39 is 0 Å². The Morgan fingerprint density at radius 2 is 0.787 bits per heavy atom. The summed E-state index contributed by atoms with van der Waals surface area (Å²) in [6.07, 6.45) is 0. The lowest BCUT2D eigenvalue weighted by Crippen LogP contribution is -2.22. The van der Waals surface area contributed by atoms with Crippen LogP contribution in [-0.4, -0.2) is 0 Å². The van der Waals surface area contributed by atoms with Crippen LogP contribution in [0.5, 0.6) is 0 Å². The van der Waals surface area contributed by atoms with Crippen molar-refractivity contribution in [2.75, 3.05) is 4.90 Å². The quantitative estimate of drug-likeness (QED) is 0.149. The van der Waals surface area contributed by atoms with Gasteiger partial charge in [-0.3, -0.25) is 0 Å². The van der Waals surface area contributed by atoms with E-state index in [4.69, 9.17) is 0 Å². The van der Waals surface area contributed by atoms with Crippen molar-refractivity contribution in [1.82, 2.24) is 0 Å². The van der Waals surface area contributed by atoms with Crippen molar-refractivity contribution in [3.63, 3.8) is 0 Å². The number of fused-ring (bicyclic) bond motifs is 4. The van der Waals surface area contributed by atoms with E-state index in [2.05, 4.69) is 254 Å². The van der Waals surface area contributed by atoms with E-state index in [1.807, 2.05) is 0 Å². The van der Waals surface area contributed by atoms with Crippen LogP contribution >= 0.6 is 0 Å². The van der Waals surface area contributed by atoms with Gasteiger partial charge in [0.1, 0.15) is 0 Å². The molecule has 0 saturated heterocycles. The van der Waals surface area contributed by atoms with E-state index in [-0.39, 0.29) is 5.41 Å². The summed E-state index contributed by atoms with van der Waals surface area (Å²) in [7, 11) is 0. The molecule has 0 spiro atoms. The van der Waals surface area contributed by atoms with Crippen molar-refractivity contribution >= 4 is 27.8 Å². The molecule has 0 aliphatic heterocycles. The molecule has 1 atom stereocenters. The fourth-order valence-electron chi connectivity index (χ4n) is 9.65. The molecule has 0 aromatic heterocycles. The van der Waals surface area contributed by atoms with Crippen LogP contribution in [0.15, 0.2) is 243 Å². The summed E-state index contributed by atoms with van der Waals surface area (Å²) in [5, 5.41) is 2.53. The molecule has 11 rings (SSSR count). The maximum absolute atomic E-state index is 2.45. The summed E-state index contributed by atoms with van der Waals surface area (Å²) in [4.78, 5) is 2.45. The lowest BCUT2D eigenvalue weighted by atomic mass is 9.74. The minimum Gasteiger partial charge on any atom is -0.310 e. The molecule has 1 unspecified atom stereocenters. The highest BCUT2D eigenvalue weighted by atomic mass is 15.1. The molecule has 1 aliphatic carbocycles. The van der Waals surface area contributed by atoms with Gasteiger partial charge in [-0.05, 0) is 121 Å². The summed E-state index contributed by atoms with van der Waals surface area (Å²) in [6, 6.07) is 88.6. The fraction of sp³-hybridized carbons (Fsp3) is 0.0333. The number of benzene rings is 10. The van der Waals surface area contributed by atoms with Crippen molar-refractivity contribution in [2.45, 2.75) is 12.3 Å². The highest BCUT2D eigenvalue weighted by Crippen LogP contribution is 2.56. The smallest absolute Gasteiger partial charge is 0.0543 e. The molecule has 0 fully saturated rings. The van der Waals surface area contributed by atoms with Crippen LogP contribution in [0.1, 0.15) is 23.6 Å². The lowest BCUT2D eigenvalue weighted by molar-refractivity contribution is 0.714. The van der Waals surface area contributed by atoms with Gasteiger partial charge in [-0.25, -0.2) is 0 Å². The molecule has 0 heterocycles. The molecule has 10 aromatic carbocycles. The summed E-state index contributed by atoms with van der Waals surface area (Å²) in [6.45, 7) is 2.39. The highest BCUT2D eigenvalue weighted by molar-refractivity contribution is 5.98. The first-order valence-corrected chi connectivity index (χ1v) is 21.2. The molecule has 0 radical (unpaired) electrons. The van der Waals surface area contributed by atoms with Gasteiger partial charge < -0.3 is 4.90 Å².